The number of hydrogen-bond donors (Lipinski definition) is 0. The minimum absolute atomic E-state index is 0.0267. The molecule has 7 nitrogen and oxygen atoms in total. The van der Waals surface area contributed by atoms with Crippen LogP contribution in [0.5, 0.6) is 0 Å². The number of carbonyl (C=O) groups excluding carboxylic acids is 2. The molecule has 3 atom stereocenters. The maximum absolute atomic E-state index is 14.2. The molecule has 7 rings (SSSR count). The maximum atomic E-state index is 14.2. The summed E-state index contributed by atoms with van der Waals surface area (Å²) in [6.45, 7) is 9.75. The molecule has 3 unspecified atom stereocenters. The highest BCUT2D eigenvalue weighted by atomic mass is 32.1. The Morgan fingerprint density at radius 1 is 0.639 bits per heavy atom. The number of anilines is 3. The van der Waals surface area contributed by atoms with Gasteiger partial charge in [-0.25, -0.2) is 4.79 Å². The number of aromatic nitrogens is 2. The average molecular weight is 826 g/mol. The van der Waals surface area contributed by atoms with Crippen LogP contribution in [0.4, 0.5) is 17.1 Å². The van der Waals surface area contributed by atoms with Crippen molar-refractivity contribution in [2.24, 2.45) is 5.41 Å². The molecule has 1 heterocycles. The largest absolute Gasteiger partial charge is 0.462 e. The van der Waals surface area contributed by atoms with Crippen LogP contribution in [0, 0.1) is 5.41 Å². The number of carbonyl (C=O) groups is 2. The molecule has 0 N–H and O–H groups in total. The van der Waals surface area contributed by atoms with E-state index in [1.54, 1.807) is 11.3 Å². The third-order valence-electron chi connectivity index (χ3n) is 11.2. The van der Waals surface area contributed by atoms with Crippen molar-refractivity contribution in [2.45, 2.75) is 51.9 Å². The molecule has 0 amide bonds. The Morgan fingerprint density at radius 3 is 1.77 bits per heavy atom. The third-order valence-corrected chi connectivity index (χ3v) is 12.2. The normalized spacial score (nSPS) is 13.0. The molecule has 0 radical (unpaired) electrons. The predicted molar refractivity (Wildman–Crippen MR) is 248 cm³/mol. The fourth-order valence-electron chi connectivity index (χ4n) is 7.97. The van der Waals surface area contributed by atoms with E-state index in [0.717, 1.165) is 73.0 Å². The average Bonchev–Trinajstić information content (AvgIpc) is 3.82. The maximum Gasteiger partial charge on any atom is 0.330 e. The van der Waals surface area contributed by atoms with E-state index < -0.39 is 11.4 Å². The lowest BCUT2D eigenvalue weighted by atomic mass is 9.71. The molecule has 0 aliphatic rings. The Bertz CT molecular complexity index is 2470. The van der Waals surface area contributed by atoms with Crippen LogP contribution >= 0.6 is 11.3 Å². The summed E-state index contributed by atoms with van der Waals surface area (Å²) in [5.74, 6) is -0.721. The van der Waals surface area contributed by atoms with Crippen molar-refractivity contribution in [1.82, 2.24) is 10.2 Å². The van der Waals surface area contributed by atoms with E-state index in [-0.39, 0.29) is 31.0 Å². The SMILES string of the molecule is C=CC(=O)OCCOC(=O)C(C)(CC(C)c1ccc(-c2cccc(-c3nnc(-c4ccccc4)s3)c2)cc1)CC(CC)c1ccc(N(c2ccccc2)c2ccccc2)cc1. The second kappa shape index (κ2) is 20.1. The Labute approximate surface area is 363 Å². The summed E-state index contributed by atoms with van der Waals surface area (Å²) in [7, 11) is 0. The number of ether oxygens (including phenoxy) is 2. The molecule has 1 aromatic heterocycles. The number of para-hydroxylation sites is 2. The summed E-state index contributed by atoms with van der Waals surface area (Å²) in [6.07, 6.45) is 3.10. The Hall–Kier alpha value is -6.64. The van der Waals surface area contributed by atoms with Gasteiger partial charge in [-0.1, -0.05) is 153 Å². The summed E-state index contributed by atoms with van der Waals surface area (Å²) in [5.41, 5.74) is 8.91. The Kier molecular flexibility index (Phi) is 14.0. The van der Waals surface area contributed by atoms with Gasteiger partial charge in [-0.15, -0.1) is 10.2 Å². The summed E-state index contributed by atoms with van der Waals surface area (Å²) in [5, 5.41) is 10.7. The minimum Gasteiger partial charge on any atom is -0.462 e. The first-order valence-electron chi connectivity index (χ1n) is 20.8. The van der Waals surface area contributed by atoms with E-state index in [0.29, 0.717) is 12.8 Å². The highest BCUT2D eigenvalue weighted by Gasteiger charge is 2.39. The topological polar surface area (TPSA) is 81.6 Å². The van der Waals surface area contributed by atoms with E-state index in [2.05, 4.69) is 133 Å². The van der Waals surface area contributed by atoms with Gasteiger partial charge in [-0.05, 0) is 103 Å². The van der Waals surface area contributed by atoms with E-state index in [4.69, 9.17) is 9.47 Å². The third kappa shape index (κ3) is 10.6. The van der Waals surface area contributed by atoms with E-state index in [1.807, 2.05) is 73.7 Å². The minimum atomic E-state index is -0.839. The van der Waals surface area contributed by atoms with Crippen LogP contribution in [-0.4, -0.2) is 35.3 Å². The molecule has 0 bridgehead atoms. The molecular formula is C53H51N3O4S. The van der Waals surface area contributed by atoms with Gasteiger partial charge in [0.2, 0.25) is 0 Å². The van der Waals surface area contributed by atoms with Crippen LogP contribution < -0.4 is 4.90 Å². The van der Waals surface area contributed by atoms with Crippen molar-refractivity contribution in [3.05, 3.63) is 188 Å². The van der Waals surface area contributed by atoms with Gasteiger partial charge in [0.25, 0.3) is 0 Å². The van der Waals surface area contributed by atoms with Crippen LogP contribution in [0.2, 0.25) is 0 Å². The second-order valence-electron chi connectivity index (χ2n) is 15.6. The molecule has 61 heavy (non-hydrogen) atoms. The zero-order chi connectivity index (χ0) is 42.6. The molecule has 308 valence electrons. The Balaban J connectivity index is 1.09. The van der Waals surface area contributed by atoms with Gasteiger partial charge in [-0.3, -0.25) is 4.79 Å². The van der Waals surface area contributed by atoms with Crippen molar-refractivity contribution in [2.75, 3.05) is 18.1 Å². The lowest BCUT2D eigenvalue weighted by Gasteiger charge is -2.34. The van der Waals surface area contributed by atoms with Gasteiger partial charge in [0, 0.05) is 34.3 Å². The smallest absolute Gasteiger partial charge is 0.330 e. The molecule has 7 aromatic rings. The molecule has 0 spiro atoms. The molecule has 8 heteroatoms. The predicted octanol–water partition coefficient (Wildman–Crippen LogP) is 13.4. The van der Waals surface area contributed by atoms with Gasteiger partial charge in [0.15, 0.2) is 0 Å². The number of esters is 2. The van der Waals surface area contributed by atoms with E-state index in [9.17, 15) is 9.59 Å². The quantitative estimate of drug-likeness (QED) is 0.0484. The van der Waals surface area contributed by atoms with Crippen molar-refractivity contribution in [3.8, 4) is 32.3 Å². The fourth-order valence-corrected chi connectivity index (χ4v) is 8.81. The van der Waals surface area contributed by atoms with E-state index in [1.165, 1.54) is 0 Å². The van der Waals surface area contributed by atoms with E-state index >= 15 is 0 Å². The monoisotopic (exact) mass is 825 g/mol. The van der Waals surface area contributed by atoms with Crippen molar-refractivity contribution in [1.29, 1.82) is 0 Å². The van der Waals surface area contributed by atoms with Crippen molar-refractivity contribution >= 4 is 40.3 Å². The van der Waals surface area contributed by atoms with Crippen molar-refractivity contribution < 1.29 is 19.1 Å². The van der Waals surface area contributed by atoms with Crippen LogP contribution in [0.25, 0.3) is 32.3 Å². The first-order chi connectivity index (χ1) is 29.7. The van der Waals surface area contributed by atoms with Crippen molar-refractivity contribution in [3.63, 3.8) is 0 Å². The lowest BCUT2D eigenvalue weighted by molar-refractivity contribution is -0.160. The molecular weight excluding hydrogens is 775 g/mol. The highest BCUT2D eigenvalue weighted by Crippen LogP contribution is 2.43. The molecule has 0 fully saturated rings. The van der Waals surface area contributed by atoms with Gasteiger partial charge in [0.05, 0.1) is 5.41 Å². The highest BCUT2D eigenvalue weighted by molar-refractivity contribution is 7.17. The zero-order valence-electron chi connectivity index (χ0n) is 34.9. The summed E-state index contributed by atoms with van der Waals surface area (Å²) in [6, 6.07) is 56.5. The first kappa shape index (κ1) is 42.5. The first-order valence-corrected chi connectivity index (χ1v) is 21.6. The summed E-state index contributed by atoms with van der Waals surface area (Å²) < 4.78 is 11.0. The molecule has 0 aliphatic carbocycles. The van der Waals surface area contributed by atoms with Crippen LogP contribution in [0.1, 0.15) is 63.0 Å². The fraction of sp³-hybridized carbons (Fsp3) is 0.208. The summed E-state index contributed by atoms with van der Waals surface area (Å²) >= 11 is 1.58. The molecule has 6 aromatic carbocycles. The van der Waals surface area contributed by atoms with Crippen LogP contribution in [0.3, 0.4) is 0 Å². The molecule has 0 aliphatic heterocycles. The van der Waals surface area contributed by atoms with Crippen LogP contribution in [-0.2, 0) is 19.1 Å². The summed E-state index contributed by atoms with van der Waals surface area (Å²) in [4.78, 5) is 28.1. The zero-order valence-corrected chi connectivity index (χ0v) is 35.8. The lowest BCUT2D eigenvalue weighted by Crippen LogP contribution is -2.34. The molecule has 0 saturated heterocycles. The van der Waals surface area contributed by atoms with Gasteiger partial charge in [-0.2, -0.15) is 0 Å². The number of hydrogen-bond acceptors (Lipinski definition) is 8. The standard InChI is InChI=1S/C53H51N3O4S/c1-5-39(41-29-31-48(32-30-41)56(46-21-12-8-13-22-46)47-23-14-9-15-24-47)37-53(4,52(58)60-34-33-59-49(57)6-2)36-38(3)40-25-27-42(28-26-40)44-19-16-20-45(35-44)51-55-54-50(61-51)43-17-10-7-11-18-43/h6-32,35,38-39H,2,5,33-34,36-37H2,1,3-4H3. The van der Waals surface area contributed by atoms with Crippen LogP contribution in [0.15, 0.2) is 176 Å². The number of rotatable bonds is 18. The second-order valence-corrected chi connectivity index (χ2v) is 16.5. The van der Waals surface area contributed by atoms with Gasteiger partial charge < -0.3 is 14.4 Å². The number of nitrogens with zero attached hydrogens (tertiary/aromatic N) is 3. The Morgan fingerprint density at radius 2 is 1.16 bits per heavy atom. The van der Waals surface area contributed by atoms with Gasteiger partial charge in [0.1, 0.15) is 23.2 Å². The molecule has 0 saturated carbocycles. The number of benzene rings is 6. The van der Waals surface area contributed by atoms with Gasteiger partial charge >= 0.3 is 11.9 Å².